The Morgan fingerprint density at radius 2 is 1.74 bits per heavy atom. The summed E-state index contributed by atoms with van der Waals surface area (Å²) in [6, 6.07) is 15.3. The lowest BCUT2D eigenvalue weighted by atomic mass is 9.94. The van der Waals surface area contributed by atoms with Gasteiger partial charge in [0.2, 0.25) is 5.78 Å². The van der Waals surface area contributed by atoms with E-state index in [9.17, 15) is 14.7 Å². The molecule has 0 fully saturated rings. The van der Waals surface area contributed by atoms with Crippen molar-refractivity contribution in [1.82, 2.24) is 0 Å². The summed E-state index contributed by atoms with van der Waals surface area (Å²) in [7, 11) is 2.97. The normalized spacial score (nSPS) is 15.3. The summed E-state index contributed by atoms with van der Waals surface area (Å²) >= 11 is 12.4. The van der Waals surface area contributed by atoms with Crippen LogP contribution in [0.2, 0.25) is 10.0 Å². The van der Waals surface area contributed by atoms with E-state index in [-0.39, 0.29) is 11.3 Å². The van der Waals surface area contributed by atoms with Crippen molar-refractivity contribution in [2.75, 3.05) is 25.7 Å². The maximum absolute atomic E-state index is 14.0. The number of fused-ring (bicyclic) bond motifs is 1. The second-order valence-corrected chi connectivity index (χ2v) is 9.50. The monoisotopic (exact) mass is 567 g/mol. The third-order valence-electron chi connectivity index (χ3n) is 6.33. The van der Waals surface area contributed by atoms with Crippen molar-refractivity contribution in [2.24, 2.45) is 0 Å². The number of Topliss-reactive ketones (excluding diaryl/α,β-unsaturated/α-hetero) is 1. The number of methoxy groups -OCH3 is 2. The van der Waals surface area contributed by atoms with Crippen molar-refractivity contribution in [1.29, 1.82) is 0 Å². The largest absolute Gasteiger partial charge is 0.503 e. The average Bonchev–Trinajstić information content (AvgIpc) is 3.46. The third kappa shape index (κ3) is 4.66. The van der Waals surface area contributed by atoms with Crippen molar-refractivity contribution < 1.29 is 33.3 Å². The molecule has 39 heavy (non-hydrogen) atoms. The van der Waals surface area contributed by atoms with Gasteiger partial charge in [0.15, 0.2) is 34.4 Å². The highest BCUT2D eigenvalue weighted by atomic mass is 35.5. The molecule has 200 valence electrons. The van der Waals surface area contributed by atoms with Crippen LogP contribution in [0.1, 0.15) is 29.1 Å². The Labute approximate surface area is 233 Å². The van der Waals surface area contributed by atoms with Gasteiger partial charge in [0, 0.05) is 27.2 Å². The predicted octanol–water partition coefficient (Wildman–Crippen LogP) is 6.94. The van der Waals surface area contributed by atoms with Gasteiger partial charge in [-0.2, -0.15) is 0 Å². The molecule has 3 aromatic carbocycles. The summed E-state index contributed by atoms with van der Waals surface area (Å²) in [5, 5.41) is 12.4. The molecular weight excluding hydrogens is 545 g/mol. The van der Waals surface area contributed by atoms with Gasteiger partial charge >= 0.3 is 0 Å². The molecular formula is C29H23Cl2NO7. The summed E-state index contributed by atoms with van der Waals surface area (Å²) in [4.78, 5) is 28.8. The van der Waals surface area contributed by atoms with Gasteiger partial charge < -0.3 is 23.7 Å². The van der Waals surface area contributed by atoms with Crippen LogP contribution in [-0.4, -0.2) is 37.6 Å². The molecule has 0 saturated carbocycles. The van der Waals surface area contributed by atoms with Crippen LogP contribution in [-0.2, 0) is 4.79 Å². The van der Waals surface area contributed by atoms with Crippen LogP contribution in [0, 0.1) is 0 Å². The van der Waals surface area contributed by atoms with E-state index in [1.54, 1.807) is 54.6 Å². The van der Waals surface area contributed by atoms with Crippen LogP contribution in [0.15, 0.2) is 76.4 Å². The van der Waals surface area contributed by atoms with Crippen molar-refractivity contribution >= 4 is 51.5 Å². The Bertz CT molecular complexity index is 1640. The summed E-state index contributed by atoms with van der Waals surface area (Å²) in [5.41, 5.74) is 1.02. The first-order chi connectivity index (χ1) is 18.8. The molecule has 2 heterocycles. The van der Waals surface area contributed by atoms with Crippen molar-refractivity contribution in [3.63, 3.8) is 0 Å². The number of halogens is 2. The van der Waals surface area contributed by atoms with Gasteiger partial charge in [-0.25, -0.2) is 0 Å². The van der Waals surface area contributed by atoms with Crippen LogP contribution >= 0.6 is 23.2 Å². The third-order valence-corrected chi connectivity index (χ3v) is 6.79. The summed E-state index contributed by atoms with van der Waals surface area (Å²) in [6.45, 7) is 2.18. The van der Waals surface area contributed by atoms with Crippen molar-refractivity contribution in [2.45, 2.75) is 13.0 Å². The minimum atomic E-state index is -1.03. The maximum atomic E-state index is 14.0. The Morgan fingerprint density at radius 3 is 2.44 bits per heavy atom. The number of anilines is 1. The quantitative estimate of drug-likeness (QED) is 0.230. The number of nitrogens with zero attached hydrogens (tertiary/aromatic N) is 1. The smallest absolute Gasteiger partial charge is 0.294 e. The van der Waals surface area contributed by atoms with E-state index in [1.807, 2.05) is 6.92 Å². The molecule has 1 aliphatic heterocycles. The molecule has 1 aromatic heterocycles. The number of ether oxygens (including phenoxy) is 3. The average molecular weight is 568 g/mol. The second-order valence-electron chi connectivity index (χ2n) is 8.63. The highest BCUT2D eigenvalue weighted by molar-refractivity contribution is 6.32. The fourth-order valence-corrected chi connectivity index (χ4v) is 5.06. The molecule has 0 saturated heterocycles. The Kier molecular flexibility index (Phi) is 7.16. The topological polar surface area (TPSA) is 98.4 Å². The van der Waals surface area contributed by atoms with Crippen LogP contribution in [0.25, 0.3) is 11.0 Å². The number of hydrogen-bond donors (Lipinski definition) is 1. The molecule has 5 rings (SSSR count). The molecule has 1 amide bonds. The SMILES string of the molecule is CCOc1cc(C2C(C(=O)c3cc4cc(Cl)cc(OC)c4o3)=C(O)C(=O)N2c2cccc(Cl)c2)ccc1OC. The number of carbonyl (C=O) groups excluding carboxylic acids is 2. The maximum Gasteiger partial charge on any atom is 0.294 e. The summed E-state index contributed by atoms with van der Waals surface area (Å²) in [6.07, 6.45) is 0. The zero-order valence-electron chi connectivity index (χ0n) is 21.2. The zero-order chi connectivity index (χ0) is 27.8. The second kappa shape index (κ2) is 10.6. The minimum absolute atomic E-state index is 0.101. The van der Waals surface area contributed by atoms with Gasteiger partial charge in [0.1, 0.15) is 0 Å². The molecule has 0 spiro atoms. The standard InChI is InChI=1S/C29H23Cl2NO7/c1-4-38-21-11-15(8-9-20(21)36-2)25-24(27(34)29(35)32(25)19-7-5-6-17(30)13-19)26(33)22-12-16-10-18(31)14-23(37-3)28(16)39-22/h5-14,25,34H,4H2,1-3H3. The number of hydrogen-bond acceptors (Lipinski definition) is 7. The lowest BCUT2D eigenvalue weighted by Gasteiger charge is -2.27. The molecule has 8 nitrogen and oxygen atoms in total. The molecule has 1 atom stereocenters. The lowest BCUT2D eigenvalue weighted by molar-refractivity contribution is -0.117. The van der Waals surface area contributed by atoms with Gasteiger partial charge in [-0.1, -0.05) is 35.3 Å². The van der Waals surface area contributed by atoms with Gasteiger partial charge in [-0.05, 0) is 55.0 Å². The fourth-order valence-electron chi connectivity index (χ4n) is 4.66. The number of aliphatic hydroxyl groups is 1. The molecule has 0 bridgehead atoms. The first-order valence-corrected chi connectivity index (χ1v) is 12.7. The molecule has 1 aliphatic rings. The number of ketones is 1. The number of aliphatic hydroxyl groups excluding tert-OH is 1. The Hall–Kier alpha value is -4.14. The number of benzene rings is 3. The van der Waals surface area contributed by atoms with Crippen LogP contribution < -0.4 is 19.1 Å². The zero-order valence-corrected chi connectivity index (χ0v) is 22.7. The first-order valence-electron chi connectivity index (χ1n) is 11.9. The molecule has 0 radical (unpaired) electrons. The van der Waals surface area contributed by atoms with E-state index in [2.05, 4.69) is 0 Å². The van der Waals surface area contributed by atoms with E-state index in [0.29, 0.717) is 56.1 Å². The van der Waals surface area contributed by atoms with Crippen LogP contribution in [0.4, 0.5) is 5.69 Å². The highest BCUT2D eigenvalue weighted by Gasteiger charge is 2.45. The molecule has 1 unspecified atom stereocenters. The highest BCUT2D eigenvalue weighted by Crippen LogP contribution is 2.45. The Balaban J connectivity index is 1.69. The van der Waals surface area contributed by atoms with E-state index >= 15 is 0 Å². The number of amides is 1. The number of furan rings is 1. The molecule has 4 aromatic rings. The van der Waals surface area contributed by atoms with E-state index in [1.165, 1.54) is 25.2 Å². The lowest BCUT2D eigenvalue weighted by Crippen LogP contribution is -2.31. The predicted molar refractivity (Wildman–Crippen MR) is 148 cm³/mol. The van der Waals surface area contributed by atoms with Gasteiger partial charge in [-0.15, -0.1) is 0 Å². The van der Waals surface area contributed by atoms with Crippen molar-refractivity contribution in [3.05, 3.63) is 93.4 Å². The van der Waals surface area contributed by atoms with Crippen LogP contribution in [0.5, 0.6) is 17.2 Å². The Morgan fingerprint density at radius 1 is 0.974 bits per heavy atom. The summed E-state index contributed by atoms with van der Waals surface area (Å²) < 4.78 is 22.4. The van der Waals surface area contributed by atoms with Gasteiger partial charge in [0.05, 0.1) is 32.4 Å². The number of rotatable bonds is 8. The molecule has 0 aliphatic carbocycles. The van der Waals surface area contributed by atoms with Crippen LogP contribution in [0.3, 0.4) is 0 Å². The van der Waals surface area contributed by atoms with E-state index in [0.717, 1.165) is 0 Å². The van der Waals surface area contributed by atoms with Gasteiger partial charge in [-0.3, -0.25) is 14.5 Å². The molecule has 10 heteroatoms. The van der Waals surface area contributed by atoms with E-state index in [4.69, 9.17) is 41.8 Å². The summed E-state index contributed by atoms with van der Waals surface area (Å²) in [5.74, 6) is -1.03. The number of carbonyl (C=O) groups is 2. The van der Waals surface area contributed by atoms with Gasteiger partial charge in [0.25, 0.3) is 5.91 Å². The molecule has 1 N–H and O–H groups in total. The first kappa shape index (κ1) is 26.5. The minimum Gasteiger partial charge on any atom is -0.503 e. The fraction of sp³-hybridized carbons (Fsp3) is 0.172. The van der Waals surface area contributed by atoms with E-state index < -0.39 is 23.5 Å². The van der Waals surface area contributed by atoms with Crippen molar-refractivity contribution in [3.8, 4) is 17.2 Å².